The summed E-state index contributed by atoms with van der Waals surface area (Å²) in [6, 6.07) is 13.0. The fraction of sp³-hybridized carbons (Fsp3) is 0.579. The smallest absolute Gasteiger partial charge is 0.263 e. The number of benzene rings is 2. The molecular formula is C38H48N4O4S. The first-order chi connectivity index (χ1) is 22.5. The van der Waals surface area contributed by atoms with Crippen molar-refractivity contribution in [2.75, 3.05) is 33.0 Å². The Bertz CT molecular complexity index is 1790. The number of hydrogen-bond donors (Lipinski definition) is 1. The van der Waals surface area contributed by atoms with Gasteiger partial charge < -0.3 is 19.1 Å². The number of fused-ring (bicyclic) bond motifs is 9. The normalized spacial score (nSPS) is 27.6. The molecule has 1 aromatic heterocycles. The van der Waals surface area contributed by atoms with Gasteiger partial charge in [0.2, 0.25) is 5.91 Å². The third kappa shape index (κ3) is 5.14. The Morgan fingerprint density at radius 2 is 1.79 bits per heavy atom. The van der Waals surface area contributed by atoms with Crippen LogP contribution >= 0.6 is 0 Å². The predicted octanol–water partition coefficient (Wildman–Crippen LogP) is 6.21. The number of carbonyl (C=O) groups excluding carboxylic acids is 2. The lowest BCUT2D eigenvalue weighted by Gasteiger charge is -2.56. The van der Waals surface area contributed by atoms with Crippen LogP contribution in [-0.4, -0.2) is 75.5 Å². The number of rotatable bonds is 6. The summed E-state index contributed by atoms with van der Waals surface area (Å²) in [6.45, 7) is 8.53. The molecule has 2 aromatic carbocycles. The maximum absolute atomic E-state index is 14.8. The molecule has 8 nitrogen and oxygen atoms in total. The predicted molar refractivity (Wildman–Crippen MR) is 186 cm³/mol. The van der Waals surface area contributed by atoms with Crippen molar-refractivity contribution in [2.24, 2.45) is 10.8 Å². The molecule has 250 valence electrons. The van der Waals surface area contributed by atoms with E-state index in [2.05, 4.69) is 50.4 Å². The summed E-state index contributed by atoms with van der Waals surface area (Å²) in [5.74, 6) is 1.72. The fourth-order valence-corrected chi connectivity index (χ4v) is 10.6. The third-order valence-electron chi connectivity index (χ3n) is 11.6. The molecule has 4 heterocycles. The molecule has 2 saturated heterocycles. The van der Waals surface area contributed by atoms with Crippen molar-refractivity contribution in [1.29, 1.82) is 0 Å². The second-order valence-electron chi connectivity index (χ2n) is 16.2. The highest BCUT2D eigenvalue weighted by Gasteiger charge is 2.66. The fourth-order valence-electron chi connectivity index (χ4n) is 9.42. The Labute approximate surface area is 280 Å². The average molecular weight is 657 g/mol. The van der Waals surface area contributed by atoms with E-state index < -0.39 is 16.4 Å². The number of aromatic nitrogens is 1. The van der Waals surface area contributed by atoms with Crippen molar-refractivity contribution in [3.8, 4) is 17.0 Å². The van der Waals surface area contributed by atoms with Crippen LogP contribution in [0.3, 0.4) is 0 Å². The number of carbonyl (C=O) groups is 2. The number of methoxy groups -OCH3 is 1. The molecule has 9 heteroatoms. The van der Waals surface area contributed by atoms with E-state index in [1.54, 1.807) is 7.11 Å². The van der Waals surface area contributed by atoms with Gasteiger partial charge in [0.15, 0.2) is 0 Å². The second kappa shape index (κ2) is 11.2. The molecule has 5 atom stereocenters. The van der Waals surface area contributed by atoms with Gasteiger partial charge in [-0.1, -0.05) is 46.1 Å². The van der Waals surface area contributed by atoms with E-state index in [0.29, 0.717) is 29.7 Å². The number of amides is 2. The minimum absolute atomic E-state index is 0.125. The molecule has 2 amide bonds. The van der Waals surface area contributed by atoms with Crippen LogP contribution in [0.2, 0.25) is 0 Å². The van der Waals surface area contributed by atoms with Gasteiger partial charge >= 0.3 is 0 Å². The van der Waals surface area contributed by atoms with E-state index in [1.807, 2.05) is 32.9 Å². The van der Waals surface area contributed by atoms with Crippen molar-refractivity contribution >= 4 is 33.7 Å². The Kier molecular flexibility index (Phi) is 7.41. The van der Waals surface area contributed by atoms with Crippen molar-refractivity contribution in [1.82, 2.24) is 19.1 Å². The van der Waals surface area contributed by atoms with Gasteiger partial charge in [-0.3, -0.25) is 14.3 Å². The number of piperidine rings is 1. The molecule has 4 fully saturated rings. The summed E-state index contributed by atoms with van der Waals surface area (Å²) in [7, 11) is 2.39. The third-order valence-corrected chi connectivity index (χ3v) is 13.1. The average Bonchev–Trinajstić information content (AvgIpc) is 3.70. The van der Waals surface area contributed by atoms with E-state index in [-0.39, 0.29) is 29.3 Å². The molecule has 47 heavy (non-hydrogen) atoms. The van der Waals surface area contributed by atoms with Gasteiger partial charge in [-0.15, -0.1) is 0 Å². The SMILES string of the molecule is COc1ccc2c(c1)C1CC1(C(=O)N1C3CC1CN(C)C3)Cn1c-2c(C2CCCCC2)c2ccc(C(=O)NS(=O)CC(C)(C)C)cc21. The summed E-state index contributed by atoms with van der Waals surface area (Å²) in [4.78, 5) is 32.9. The molecule has 5 unspecified atom stereocenters. The number of ether oxygens (including phenoxy) is 1. The molecule has 1 N–H and O–H groups in total. The molecular weight excluding hydrogens is 609 g/mol. The summed E-state index contributed by atoms with van der Waals surface area (Å²) >= 11 is 0. The molecule has 2 bridgehead atoms. The van der Waals surface area contributed by atoms with E-state index in [0.717, 1.165) is 50.0 Å². The van der Waals surface area contributed by atoms with Crippen LogP contribution in [0.1, 0.15) is 99.0 Å². The summed E-state index contributed by atoms with van der Waals surface area (Å²) in [5.41, 5.74) is 5.79. The van der Waals surface area contributed by atoms with Gasteiger partial charge in [0.05, 0.1) is 18.2 Å². The molecule has 3 aromatic rings. The van der Waals surface area contributed by atoms with Gasteiger partial charge in [-0.25, -0.2) is 4.21 Å². The Hall–Kier alpha value is -3.17. The van der Waals surface area contributed by atoms with Crippen molar-refractivity contribution in [3.05, 3.63) is 53.1 Å². The van der Waals surface area contributed by atoms with Gasteiger partial charge in [-0.2, -0.15) is 0 Å². The van der Waals surface area contributed by atoms with Gasteiger partial charge in [0, 0.05) is 65.4 Å². The van der Waals surface area contributed by atoms with Gasteiger partial charge in [0.1, 0.15) is 16.7 Å². The van der Waals surface area contributed by atoms with Gasteiger partial charge in [0.25, 0.3) is 5.91 Å². The van der Waals surface area contributed by atoms with E-state index >= 15 is 0 Å². The highest BCUT2D eigenvalue weighted by molar-refractivity contribution is 7.83. The zero-order chi connectivity index (χ0) is 32.8. The number of likely N-dealkylation sites (N-methyl/N-ethyl adjacent to an activating group) is 1. The minimum Gasteiger partial charge on any atom is -0.497 e. The summed E-state index contributed by atoms with van der Waals surface area (Å²) < 4.78 is 23.8. The van der Waals surface area contributed by atoms with E-state index in [9.17, 15) is 13.8 Å². The highest BCUT2D eigenvalue weighted by atomic mass is 32.2. The van der Waals surface area contributed by atoms with E-state index in [1.165, 1.54) is 47.0 Å². The first-order valence-electron chi connectivity index (χ1n) is 17.5. The highest BCUT2D eigenvalue weighted by Crippen LogP contribution is 2.67. The van der Waals surface area contributed by atoms with Crippen molar-refractivity contribution < 1.29 is 18.5 Å². The van der Waals surface area contributed by atoms with Gasteiger partial charge in [-0.05, 0) is 85.5 Å². The quantitative estimate of drug-likeness (QED) is 0.342. The monoisotopic (exact) mass is 656 g/mol. The van der Waals surface area contributed by atoms with Crippen LogP contribution in [0.5, 0.6) is 5.75 Å². The zero-order valence-electron chi connectivity index (χ0n) is 28.4. The molecule has 2 saturated carbocycles. The lowest BCUT2D eigenvalue weighted by atomic mass is 9.81. The molecule has 0 spiro atoms. The first kappa shape index (κ1) is 31.1. The lowest BCUT2D eigenvalue weighted by molar-refractivity contribution is -0.159. The Morgan fingerprint density at radius 3 is 2.49 bits per heavy atom. The second-order valence-corrected chi connectivity index (χ2v) is 17.4. The van der Waals surface area contributed by atoms with Crippen LogP contribution in [0.15, 0.2) is 36.4 Å². The lowest BCUT2D eigenvalue weighted by Crippen LogP contribution is -2.70. The minimum atomic E-state index is -1.48. The van der Waals surface area contributed by atoms with Crippen LogP contribution in [0.4, 0.5) is 0 Å². The van der Waals surface area contributed by atoms with Crippen LogP contribution in [0.25, 0.3) is 22.2 Å². The van der Waals surface area contributed by atoms with Crippen LogP contribution in [0, 0.1) is 10.8 Å². The topological polar surface area (TPSA) is 83.9 Å². The maximum Gasteiger partial charge on any atom is 0.263 e. The standard InChI is InChI=1S/C38H48N4O4S/c1-37(2,3)22-47(45)39-35(43)24-11-13-29-32(15-24)41-21-38(36(44)42-25-16-26(42)20-40(4)19-25)18-31(38)30-17-27(46-5)12-14-28(30)34(41)33(29)23-9-7-6-8-10-23/h11-15,17,23,25-26,31H,6-10,16,18-22H2,1-5H3,(H,39,43). The van der Waals surface area contributed by atoms with E-state index in [4.69, 9.17) is 4.74 Å². The first-order valence-corrected chi connectivity index (χ1v) is 18.8. The van der Waals surface area contributed by atoms with Crippen molar-refractivity contribution in [2.45, 2.75) is 96.2 Å². The molecule has 3 aliphatic heterocycles. The molecule has 5 aliphatic rings. The number of nitrogens with zero attached hydrogens (tertiary/aromatic N) is 3. The summed E-state index contributed by atoms with van der Waals surface area (Å²) in [6.07, 6.45) is 7.89. The molecule has 2 aliphatic carbocycles. The largest absolute Gasteiger partial charge is 0.497 e. The number of hydrogen-bond acceptors (Lipinski definition) is 5. The Morgan fingerprint density at radius 1 is 1.04 bits per heavy atom. The maximum atomic E-state index is 14.8. The van der Waals surface area contributed by atoms with Crippen LogP contribution in [-0.2, 0) is 22.3 Å². The number of likely N-dealkylation sites (tertiary alicyclic amines) is 2. The van der Waals surface area contributed by atoms with Crippen LogP contribution < -0.4 is 9.46 Å². The van der Waals surface area contributed by atoms with Crippen molar-refractivity contribution in [3.63, 3.8) is 0 Å². The number of nitrogens with one attached hydrogen (secondary N) is 1. The Balaban J connectivity index is 1.28. The molecule has 8 rings (SSSR count). The summed E-state index contributed by atoms with van der Waals surface area (Å²) in [5, 5.41) is 1.17. The zero-order valence-corrected chi connectivity index (χ0v) is 29.3. The molecule has 0 radical (unpaired) electrons. The number of piperazine rings is 1.